The molecule has 110 valence electrons. The van der Waals surface area contributed by atoms with Crippen LogP contribution >= 0.6 is 0 Å². The van der Waals surface area contributed by atoms with Crippen molar-refractivity contribution in [2.24, 2.45) is 17.6 Å². The van der Waals surface area contributed by atoms with Crippen LogP contribution in [-0.4, -0.2) is 42.4 Å². The van der Waals surface area contributed by atoms with E-state index in [9.17, 15) is 5.11 Å². The Hall–Kier alpha value is -1.10. The zero-order valence-corrected chi connectivity index (χ0v) is 11.9. The molecule has 3 rings (SSSR count). The first-order valence-corrected chi connectivity index (χ1v) is 7.59. The SMILES string of the molecule is NCc1ccccc1OCCN1CC2CCC(O)C2C1. The second-order valence-electron chi connectivity index (χ2n) is 5.99. The lowest BCUT2D eigenvalue weighted by molar-refractivity contribution is 0.122. The van der Waals surface area contributed by atoms with E-state index >= 15 is 0 Å². The minimum atomic E-state index is -0.0797. The van der Waals surface area contributed by atoms with Gasteiger partial charge in [-0.05, 0) is 24.8 Å². The molecule has 0 amide bonds. The number of benzene rings is 1. The van der Waals surface area contributed by atoms with E-state index in [4.69, 9.17) is 10.5 Å². The highest BCUT2D eigenvalue weighted by Crippen LogP contribution is 2.37. The number of rotatable bonds is 5. The summed E-state index contributed by atoms with van der Waals surface area (Å²) < 4.78 is 5.85. The Kier molecular flexibility index (Phi) is 4.24. The standard InChI is InChI=1S/C16H24N2O2/c17-9-12-3-1-2-4-16(12)20-8-7-18-10-13-5-6-15(19)14(13)11-18/h1-4,13-15,19H,5-11,17H2. The normalized spacial score (nSPS) is 29.6. The Morgan fingerprint density at radius 1 is 1.25 bits per heavy atom. The lowest BCUT2D eigenvalue weighted by atomic mass is 10.00. The maximum Gasteiger partial charge on any atom is 0.123 e. The monoisotopic (exact) mass is 276 g/mol. The molecule has 0 bridgehead atoms. The Balaban J connectivity index is 1.47. The molecule has 4 nitrogen and oxygen atoms in total. The Labute approximate surface area is 120 Å². The molecule has 1 saturated carbocycles. The summed E-state index contributed by atoms with van der Waals surface area (Å²) in [6.45, 7) is 4.26. The van der Waals surface area contributed by atoms with E-state index in [2.05, 4.69) is 4.90 Å². The molecular formula is C16H24N2O2. The predicted octanol–water partition coefficient (Wildman–Crippen LogP) is 1.23. The second kappa shape index (κ2) is 6.12. The number of fused-ring (bicyclic) bond motifs is 1. The fourth-order valence-electron chi connectivity index (χ4n) is 3.61. The Morgan fingerprint density at radius 3 is 2.90 bits per heavy atom. The summed E-state index contributed by atoms with van der Waals surface area (Å²) in [5, 5.41) is 9.92. The number of aliphatic hydroxyl groups excluding tert-OH is 1. The van der Waals surface area contributed by atoms with Crippen molar-refractivity contribution in [1.29, 1.82) is 0 Å². The van der Waals surface area contributed by atoms with Gasteiger partial charge in [0.15, 0.2) is 0 Å². The average molecular weight is 276 g/mol. The number of ether oxygens (including phenoxy) is 1. The van der Waals surface area contributed by atoms with Crippen LogP contribution < -0.4 is 10.5 Å². The van der Waals surface area contributed by atoms with E-state index in [-0.39, 0.29) is 6.10 Å². The van der Waals surface area contributed by atoms with E-state index in [1.807, 2.05) is 24.3 Å². The number of hydrogen-bond acceptors (Lipinski definition) is 4. The van der Waals surface area contributed by atoms with Crippen LogP contribution in [0.25, 0.3) is 0 Å². The Bertz CT molecular complexity index is 452. The van der Waals surface area contributed by atoms with E-state index in [1.165, 1.54) is 6.42 Å². The van der Waals surface area contributed by atoms with Crippen LogP contribution in [0.1, 0.15) is 18.4 Å². The minimum absolute atomic E-state index is 0.0797. The van der Waals surface area contributed by atoms with Gasteiger partial charge in [-0.2, -0.15) is 0 Å². The van der Waals surface area contributed by atoms with Gasteiger partial charge in [0.05, 0.1) is 6.10 Å². The van der Waals surface area contributed by atoms with Crippen molar-refractivity contribution < 1.29 is 9.84 Å². The van der Waals surface area contributed by atoms with Gasteiger partial charge in [-0.3, -0.25) is 4.90 Å². The average Bonchev–Trinajstić information content (AvgIpc) is 3.02. The molecule has 2 fully saturated rings. The van der Waals surface area contributed by atoms with Gasteiger partial charge in [-0.15, -0.1) is 0 Å². The first-order valence-electron chi connectivity index (χ1n) is 7.59. The van der Waals surface area contributed by atoms with Gasteiger partial charge in [-0.25, -0.2) is 0 Å². The van der Waals surface area contributed by atoms with Crippen LogP contribution in [0.5, 0.6) is 5.75 Å². The van der Waals surface area contributed by atoms with Crippen LogP contribution in [0.4, 0.5) is 0 Å². The van der Waals surface area contributed by atoms with Crippen molar-refractivity contribution in [3.8, 4) is 5.75 Å². The van der Waals surface area contributed by atoms with Gasteiger partial charge in [0.2, 0.25) is 0 Å². The molecule has 2 aliphatic rings. The minimum Gasteiger partial charge on any atom is -0.492 e. The first-order chi connectivity index (χ1) is 9.78. The summed E-state index contributed by atoms with van der Waals surface area (Å²) in [6.07, 6.45) is 2.09. The quantitative estimate of drug-likeness (QED) is 0.849. The van der Waals surface area contributed by atoms with E-state index in [1.54, 1.807) is 0 Å². The third kappa shape index (κ3) is 2.82. The molecule has 1 aromatic carbocycles. The number of hydrogen-bond donors (Lipinski definition) is 2. The number of likely N-dealkylation sites (tertiary alicyclic amines) is 1. The lowest BCUT2D eigenvalue weighted by Crippen LogP contribution is -2.29. The third-order valence-corrected chi connectivity index (χ3v) is 4.75. The second-order valence-corrected chi connectivity index (χ2v) is 5.99. The summed E-state index contributed by atoms with van der Waals surface area (Å²) in [7, 11) is 0. The highest BCUT2D eigenvalue weighted by atomic mass is 16.5. The van der Waals surface area contributed by atoms with Crippen LogP contribution in [0.3, 0.4) is 0 Å². The highest BCUT2D eigenvalue weighted by molar-refractivity contribution is 5.32. The van der Waals surface area contributed by atoms with E-state index in [0.717, 1.165) is 37.4 Å². The summed E-state index contributed by atoms with van der Waals surface area (Å²) in [5.41, 5.74) is 6.76. The third-order valence-electron chi connectivity index (χ3n) is 4.75. The lowest BCUT2D eigenvalue weighted by Gasteiger charge is -2.18. The molecule has 0 spiro atoms. The van der Waals surface area contributed by atoms with Gasteiger partial charge < -0.3 is 15.6 Å². The molecule has 20 heavy (non-hydrogen) atoms. The van der Waals surface area contributed by atoms with Crippen molar-refractivity contribution in [1.82, 2.24) is 4.90 Å². The molecule has 4 heteroatoms. The van der Waals surface area contributed by atoms with Crippen molar-refractivity contribution in [2.75, 3.05) is 26.2 Å². The number of aliphatic hydroxyl groups is 1. The molecule has 0 aromatic heterocycles. The molecular weight excluding hydrogens is 252 g/mol. The predicted molar refractivity (Wildman–Crippen MR) is 78.5 cm³/mol. The van der Waals surface area contributed by atoms with Gasteiger partial charge in [0, 0.05) is 37.7 Å². The molecule has 1 aliphatic carbocycles. The van der Waals surface area contributed by atoms with Gasteiger partial charge in [0.25, 0.3) is 0 Å². The van der Waals surface area contributed by atoms with Crippen LogP contribution in [0.2, 0.25) is 0 Å². The van der Waals surface area contributed by atoms with Gasteiger partial charge in [-0.1, -0.05) is 18.2 Å². The summed E-state index contributed by atoms with van der Waals surface area (Å²) in [4.78, 5) is 2.42. The summed E-state index contributed by atoms with van der Waals surface area (Å²) in [6, 6.07) is 7.94. The smallest absolute Gasteiger partial charge is 0.123 e. The molecule has 1 heterocycles. The fourth-order valence-corrected chi connectivity index (χ4v) is 3.61. The molecule has 1 aliphatic heterocycles. The van der Waals surface area contributed by atoms with Crippen molar-refractivity contribution in [3.05, 3.63) is 29.8 Å². The molecule has 3 N–H and O–H groups in total. The largest absolute Gasteiger partial charge is 0.492 e. The number of nitrogens with two attached hydrogens (primary N) is 1. The van der Waals surface area contributed by atoms with Crippen molar-refractivity contribution in [2.45, 2.75) is 25.5 Å². The van der Waals surface area contributed by atoms with E-state index < -0.39 is 0 Å². The maximum atomic E-state index is 9.92. The van der Waals surface area contributed by atoms with Crippen molar-refractivity contribution in [3.63, 3.8) is 0 Å². The Morgan fingerprint density at radius 2 is 2.10 bits per heavy atom. The summed E-state index contributed by atoms with van der Waals surface area (Å²) in [5.74, 6) is 2.09. The zero-order chi connectivity index (χ0) is 13.9. The number of nitrogens with zero attached hydrogens (tertiary/aromatic N) is 1. The maximum absolute atomic E-state index is 9.92. The number of para-hydroxylation sites is 1. The van der Waals surface area contributed by atoms with Gasteiger partial charge >= 0.3 is 0 Å². The first kappa shape index (κ1) is 13.9. The van der Waals surface area contributed by atoms with Crippen LogP contribution in [-0.2, 0) is 6.54 Å². The van der Waals surface area contributed by atoms with E-state index in [0.29, 0.717) is 25.0 Å². The zero-order valence-electron chi connectivity index (χ0n) is 11.9. The molecule has 3 atom stereocenters. The summed E-state index contributed by atoms with van der Waals surface area (Å²) >= 11 is 0. The van der Waals surface area contributed by atoms with Crippen LogP contribution in [0.15, 0.2) is 24.3 Å². The molecule has 1 aromatic rings. The fraction of sp³-hybridized carbons (Fsp3) is 0.625. The molecule has 3 unspecified atom stereocenters. The molecule has 1 saturated heterocycles. The topological polar surface area (TPSA) is 58.7 Å². The molecule has 0 radical (unpaired) electrons. The van der Waals surface area contributed by atoms with Gasteiger partial charge in [0.1, 0.15) is 12.4 Å². The highest BCUT2D eigenvalue weighted by Gasteiger charge is 2.41. The van der Waals surface area contributed by atoms with Crippen molar-refractivity contribution >= 4 is 0 Å². The van der Waals surface area contributed by atoms with Crippen LogP contribution in [0, 0.1) is 11.8 Å².